The second-order valence-electron chi connectivity index (χ2n) is 5.91. The molecule has 3 aromatic rings. The Hall–Kier alpha value is -2.57. The molecule has 0 amide bonds. The van der Waals surface area contributed by atoms with E-state index in [0.717, 1.165) is 11.3 Å². The quantitative estimate of drug-likeness (QED) is 0.653. The van der Waals surface area contributed by atoms with Crippen LogP contribution in [0.1, 0.15) is 11.1 Å². The first-order chi connectivity index (χ1) is 12.3. The summed E-state index contributed by atoms with van der Waals surface area (Å²) in [6.07, 6.45) is 1.46. The number of nitrogens with one attached hydrogen (secondary N) is 2. The Morgan fingerprint density at radius 3 is 2.42 bits per heavy atom. The molecule has 0 saturated heterocycles. The molecule has 0 radical (unpaired) electrons. The number of rotatable bonds is 5. The van der Waals surface area contributed by atoms with Crippen molar-refractivity contribution in [1.82, 2.24) is 4.98 Å². The summed E-state index contributed by atoms with van der Waals surface area (Å²) in [5.74, 6) is 0.623. The van der Waals surface area contributed by atoms with Gasteiger partial charge in [-0.05, 0) is 49.7 Å². The van der Waals surface area contributed by atoms with Crippen LogP contribution in [0.5, 0.6) is 0 Å². The fourth-order valence-electron chi connectivity index (χ4n) is 2.49. The molecular formula is C19H18ClN3O2S. The van der Waals surface area contributed by atoms with Crippen LogP contribution in [-0.4, -0.2) is 13.4 Å². The van der Waals surface area contributed by atoms with Gasteiger partial charge in [0.15, 0.2) is 0 Å². The zero-order chi connectivity index (χ0) is 18.7. The predicted molar refractivity (Wildman–Crippen MR) is 106 cm³/mol. The fraction of sp³-hybridized carbons (Fsp3) is 0.105. The summed E-state index contributed by atoms with van der Waals surface area (Å²) in [5, 5.41) is 3.39. The Kier molecular flexibility index (Phi) is 5.15. The second-order valence-corrected chi connectivity index (χ2v) is 7.97. The number of benzene rings is 2. The van der Waals surface area contributed by atoms with Gasteiger partial charge >= 0.3 is 0 Å². The molecule has 1 aromatic heterocycles. The van der Waals surface area contributed by atoms with Crippen LogP contribution in [0.3, 0.4) is 0 Å². The first-order valence-corrected chi connectivity index (χ1v) is 9.79. The number of hydrogen-bond donors (Lipinski definition) is 2. The number of aryl methyl sites for hydroxylation is 2. The summed E-state index contributed by atoms with van der Waals surface area (Å²) in [6.45, 7) is 4.05. The molecular weight excluding hydrogens is 370 g/mol. The largest absolute Gasteiger partial charge is 0.340 e. The first-order valence-electron chi connectivity index (χ1n) is 7.93. The molecule has 134 valence electrons. The summed E-state index contributed by atoms with van der Waals surface area (Å²) in [7, 11) is -3.77. The number of anilines is 3. The number of halogens is 1. The van der Waals surface area contributed by atoms with E-state index in [1.54, 1.807) is 24.3 Å². The Morgan fingerprint density at radius 1 is 1.00 bits per heavy atom. The van der Waals surface area contributed by atoms with E-state index in [-0.39, 0.29) is 9.92 Å². The number of hydrogen-bond acceptors (Lipinski definition) is 4. The van der Waals surface area contributed by atoms with Crippen LogP contribution in [-0.2, 0) is 10.0 Å². The highest BCUT2D eigenvalue weighted by Gasteiger charge is 2.17. The van der Waals surface area contributed by atoms with Gasteiger partial charge in [-0.25, -0.2) is 13.4 Å². The van der Waals surface area contributed by atoms with Crippen molar-refractivity contribution in [2.75, 3.05) is 10.0 Å². The molecule has 2 N–H and O–H groups in total. The van der Waals surface area contributed by atoms with Crippen molar-refractivity contribution in [1.29, 1.82) is 0 Å². The molecule has 7 heteroatoms. The normalized spacial score (nSPS) is 11.2. The highest BCUT2D eigenvalue weighted by atomic mass is 35.5. The number of aromatic nitrogens is 1. The van der Waals surface area contributed by atoms with E-state index in [0.29, 0.717) is 11.5 Å². The molecule has 0 saturated carbocycles. The number of sulfonamides is 1. The molecule has 0 atom stereocenters. The molecule has 3 rings (SSSR count). The molecule has 0 aliphatic rings. The summed E-state index contributed by atoms with van der Waals surface area (Å²) >= 11 is 5.97. The lowest BCUT2D eigenvalue weighted by Crippen LogP contribution is -2.13. The lowest BCUT2D eigenvalue weighted by molar-refractivity contribution is 0.601. The van der Waals surface area contributed by atoms with Gasteiger partial charge in [0.1, 0.15) is 10.7 Å². The zero-order valence-corrected chi connectivity index (χ0v) is 15.9. The molecule has 0 fully saturated rings. The van der Waals surface area contributed by atoms with Gasteiger partial charge < -0.3 is 5.32 Å². The topological polar surface area (TPSA) is 71.1 Å². The van der Waals surface area contributed by atoms with Crippen LogP contribution >= 0.6 is 11.6 Å². The summed E-state index contributed by atoms with van der Waals surface area (Å²) < 4.78 is 27.4. The first kappa shape index (κ1) is 18.2. The third-order valence-electron chi connectivity index (χ3n) is 3.79. The molecule has 2 aromatic carbocycles. The van der Waals surface area contributed by atoms with Crippen molar-refractivity contribution in [2.24, 2.45) is 0 Å². The maximum Gasteiger partial charge on any atom is 0.263 e. The Balaban J connectivity index is 1.76. The van der Waals surface area contributed by atoms with Gasteiger partial charge in [0, 0.05) is 5.69 Å². The summed E-state index contributed by atoms with van der Waals surface area (Å²) in [5.41, 5.74) is 3.60. The molecule has 26 heavy (non-hydrogen) atoms. The van der Waals surface area contributed by atoms with Gasteiger partial charge in [-0.1, -0.05) is 41.4 Å². The van der Waals surface area contributed by atoms with E-state index in [2.05, 4.69) is 21.1 Å². The lowest BCUT2D eigenvalue weighted by Gasteiger charge is -2.11. The molecule has 5 nitrogen and oxygen atoms in total. The van der Waals surface area contributed by atoms with Crippen molar-refractivity contribution in [3.05, 3.63) is 76.9 Å². The van der Waals surface area contributed by atoms with Crippen molar-refractivity contribution in [2.45, 2.75) is 18.7 Å². The van der Waals surface area contributed by atoms with Gasteiger partial charge in [0.25, 0.3) is 10.0 Å². The Morgan fingerprint density at radius 2 is 1.77 bits per heavy atom. The maximum absolute atomic E-state index is 12.4. The average molecular weight is 388 g/mol. The van der Waals surface area contributed by atoms with Crippen molar-refractivity contribution in [3.8, 4) is 0 Å². The van der Waals surface area contributed by atoms with Crippen molar-refractivity contribution < 1.29 is 8.42 Å². The standard InChI is InChI=1S/C19H18ClN3O2S/c1-13-7-9-17(14(2)11-13)22-19-10-8-15(12-21-19)23-26(24,25)18-6-4-3-5-16(18)20/h3-12,23H,1-2H3,(H,21,22). The van der Waals surface area contributed by atoms with Crippen molar-refractivity contribution >= 4 is 38.8 Å². The highest BCUT2D eigenvalue weighted by Crippen LogP contribution is 2.24. The molecule has 0 aliphatic heterocycles. The van der Waals surface area contributed by atoms with Gasteiger partial charge in [-0.3, -0.25) is 4.72 Å². The molecule has 0 aliphatic carbocycles. The maximum atomic E-state index is 12.4. The third-order valence-corrected chi connectivity index (χ3v) is 5.67. The second kappa shape index (κ2) is 7.35. The van der Waals surface area contributed by atoms with Crippen LogP contribution in [0.4, 0.5) is 17.2 Å². The predicted octanol–water partition coefficient (Wildman–Crippen LogP) is 4.90. The van der Waals surface area contributed by atoms with Gasteiger partial charge in [-0.2, -0.15) is 0 Å². The zero-order valence-electron chi connectivity index (χ0n) is 14.3. The van der Waals surface area contributed by atoms with E-state index in [1.807, 2.05) is 26.0 Å². The minimum absolute atomic E-state index is 0.0270. The summed E-state index contributed by atoms with van der Waals surface area (Å²) in [6, 6.07) is 15.7. The van der Waals surface area contributed by atoms with Crippen molar-refractivity contribution in [3.63, 3.8) is 0 Å². The Bertz CT molecular complexity index is 1030. The van der Waals surface area contributed by atoms with Gasteiger partial charge in [0.05, 0.1) is 16.9 Å². The SMILES string of the molecule is Cc1ccc(Nc2ccc(NS(=O)(=O)c3ccccc3Cl)cn2)c(C)c1. The van der Waals surface area contributed by atoms with Crippen LogP contribution in [0, 0.1) is 13.8 Å². The minimum atomic E-state index is -3.77. The minimum Gasteiger partial charge on any atom is -0.340 e. The third kappa shape index (κ3) is 4.15. The molecule has 1 heterocycles. The van der Waals surface area contributed by atoms with E-state index in [1.165, 1.54) is 23.9 Å². The van der Waals surface area contributed by atoms with Crippen LogP contribution in [0.2, 0.25) is 5.02 Å². The van der Waals surface area contributed by atoms with E-state index in [4.69, 9.17) is 11.6 Å². The van der Waals surface area contributed by atoms with E-state index < -0.39 is 10.0 Å². The smallest absolute Gasteiger partial charge is 0.263 e. The molecule has 0 unspecified atom stereocenters. The summed E-state index contributed by atoms with van der Waals surface area (Å²) in [4.78, 5) is 4.29. The monoisotopic (exact) mass is 387 g/mol. The number of pyridine rings is 1. The fourth-order valence-corrected chi connectivity index (χ4v) is 4.06. The number of nitrogens with zero attached hydrogens (tertiary/aromatic N) is 1. The van der Waals surface area contributed by atoms with Gasteiger partial charge in [-0.15, -0.1) is 0 Å². The Labute approximate surface area is 158 Å². The van der Waals surface area contributed by atoms with Crippen LogP contribution in [0.25, 0.3) is 0 Å². The highest BCUT2D eigenvalue weighted by molar-refractivity contribution is 7.92. The lowest BCUT2D eigenvalue weighted by atomic mass is 10.1. The van der Waals surface area contributed by atoms with E-state index >= 15 is 0 Å². The van der Waals surface area contributed by atoms with E-state index in [9.17, 15) is 8.42 Å². The molecule has 0 spiro atoms. The van der Waals surface area contributed by atoms with Crippen LogP contribution in [0.15, 0.2) is 65.7 Å². The molecule has 0 bridgehead atoms. The van der Waals surface area contributed by atoms with Crippen LogP contribution < -0.4 is 10.0 Å². The van der Waals surface area contributed by atoms with Gasteiger partial charge in [0.2, 0.25) is 0 Å². The average Bonchev–Trinajstić information content (AvgIpc) is 2.59.